The van der Waals surface area contributed by atoms with Crippen LogP contribution in [0.3, 0.4) is 0 Å². The van der Waals surface area contributed by atoms with E-state index in [2.05, 4.69) is 14.9 Å². The van der Waals surface area contributed by atoms with Gasteiger partial charge in [-0.05, 0) is 86.9 Å². The van der Waals surface area contributed by atoms with Crippen LogP contribution < -0.4 is 4.74 Å². The van der Waals surface area contributed by atoms with Crippen LogP contribution in [0.4, 0.5) is 0 Å². The minimum Gasteiger partial charge on any atom is -0.497 e. The zero-order chi connectivity index (χ0) is 25.3. The Labute approximate surface area is 220 Å². The highest BCUT2D eigenvalue weighted by Crippen LogP contribution is 2.35. The number of aliphatic carboxylic acids is 1. The monoisotopic (exact) mass is 529 g/mol. The summed E-state index contributed by atoms with van der Waals surface area (Å²) in [5.41, 5.74) is 1.71. The third kappa shape index (κ3) is 7.41. The molecule has 1 saturated heterocycles. The summed E-state index contributed by atoms with van der Waals surface area (Å²) < 4.78 is 6.49. The van der Waals surface area contributed by atoms with Gasteiger partial charge in [-0.2, -0.15) is 0 Å². The summed E-state index contributed by atoms with van der Waals surface area (Å²) in [4.78, 5) is 22.5. The smallest absolute Gasteiger partial charge is 0.303 e. The lowest BCUT2D eigenvalue weighted by atomic mass is 9.79. The van der Waals surface area contributed by atoms with Crippen molar-refractivity contribution < 1.29 is 19.7 Å². The van der Waals surface area contributed by atoms with Crippen molar-refractivity contribution in [3.05, 3.63) is 47.6 Å². The molecule has 1 aromatic carbocycles. The first kappa shape index (κ1) is 26.9. The number of likely N-dealkylation sites (tertiary alicyclic amines) is 1. The van der Waals surface area contributed by atoms with Gasteiger partial charge in [-0.15, -0.1) is 11.3 Å². The van der Waals surface area contributed by atoms with E-state index in [1.807, 2.05) is 35.8 Å². The van der Waals surface area contributed by atoms with Crippen LogP contribution in [-0.4, -0.2) is 63.5 Å². The van der Waals surface area contributed by atoms with Crippen molar-refractivity contribution >= 4 is 40.0 Å². The largest absolute Gasteiger partial charge is 0.497 e. The summed E-state index contributed by atoms with van der Waals surface area (Å²) in [5.74, 6) is 1.81. The Hall–Kier alpha value is -2.20. The van der Waals surface area contributed by atoms with Crippen molar-refractivity contribution in [3.8, 4) is 5.75 Å². The fraction of sp³-hybridized carbons (Fsp3) is 0.519. The second kappa shape index (κ2) is 13.4. The van der Waals surface area contributed by atoms with Gasteiger partial charge >= 0.3 is 5.97 Å². The van der Waals surface area contributed by atoms with Crippen LogP contribution >= 0.6 is 23.1 Å². The molecule has 0 aliphatic carbocycles. The second-order valence-corrected chi connectivity index (χ2v) is 11.7. The predicted octanol–water partition coefficient (Wildman–Crippen LogP) is 5.50. The Morgan fingerprint density at radius 3 is 2.92 bits per heavy atom. The summed E-state index contributed by atoms with van der Waals surface area (Å²) in [5, 5.41) is 23.3. The van der Waals surface area contributed by atoms with E-state index in [1.54, 1.807) is 36.4 Å². The van der Waals surface area contributed by atoms with Gasteiger partial charge in [0.25, 0.3) is 0 Å². The number of nitrogens with zero attached hydrogens (tertiary/aromatic N) is 3. The van der Waals surface area contributed by atoms with Crippen LogP contribution in [0.2, 0.25) is 0 Å². The van der Waals surface area contributed by atoms with Crippen molar-refractivity contribution in [2.75, 3.05) is 32.5 Å². The number of rotatable bonds is 13. The number of carboxylic acid groups (broad SMARTS) is 1. The lowest BCUT2D eigenvalue weighted by molar-refractivity contribution is -0.137. The van der Waals surface area contributed by atoms with Gasteiger partial charge in [0.2, 0.25) is 0 Å². The molecular weight excluding hydrogens is 494 g/mol. The summed E-state index contributed by atoms with van der Waals surface area (Å²) in [7, 11) is 1.64. The molecule has 1 aliphatic heterocycles. The van der Waals surface area contributed by atoms with E-state index in [0.717, 1.165) is 71.2 Å². The van der Waals surface area contributed by atoms with Crippen LogP contribution in [0, 0.1) is 11.8 Å². The maximum absolute atomic E-state index is 11.3. The molecule has 3 heterocycles. The number of aliphatic hydroxyl groups excluding tert-OH is 1. The van der Waals surface area contributed by atoms with Crippen LogP contribution in [0.25, 0.3) is 10.9 Å². The number of carboxylic acids is 1. The molecule has 2 N–H and O–H groups in total. The first-order valence-electron chi connectivity index (χ1n) is 12.6. The van der Waals surface area contributed by atoms with Crippen molar-refractivity contribution in [2.24, 2.45) is 11.8 Å². The van der Waals surface area contributed by atoms with Gasteiger partial charge in [0.1, 0.15) is 10.1 Å². The molecule has 1 aliphatic rings. The van der Waals surface area contributed by atoms with Gasteiger partial charge in [-0.1, -0.05) is 11.8 Å². The molecule has 0 radical (unpaired) electrons. The third-order valence-corrected chi connectivity index (χ3v) is 9.16. The predicted molar refractivity (Wildman–Crippen MR) is 145 cm³/mol. The van der Waals surface area contributed by atoms with Gasteiger partial charge in [-0.25, -0.2) is 4.98 Å². The molecule has 0 amide bonds. The van der Waals surface area contributed by atoms with Gasteiger partial charge in [0.15, 0.2) is 0 Å². The fourth-order valence-electron chi connectivity index (χ4n) is 5.20. The molecule has 194 valence electrons. The van der Waals surface area contributed by atoms with Crippen molar-refractivity contribution in [1.29, 1.82) is 0 Å². The topological polar surface area (TPSA) is 95.8 Å². The molecule has 9 heteroatoms. The van der Waals surface area contributed by atoms with E-state index in [-0.39, 0.29) is 6.42 Å². The Morgan fingerprint density at radius 2 is 2.14 bits per heavy atom. The molecule has 3 aromatic rings. The van der Waals surface area contributed by atoms with E-state index in [9.17, 15) is 15.0 Å². The Morgan fingerprint density at radius 1 is 1.25 bits per heavy atom. The Kier molecular flexibility index (Phi) is 9.98. The fourth-order valence-corrected chi connectivity index (χ4v) is 6.83. The Balaban J connectivity index is 1.33. The number of fused-ring (bicyclic) bond motifs is 1. The molecule has 4 rings (SSSR count). The van der Waals surface area contributed by atoms with Gasteiger partial charge in [0.05, 0.1) is 18.7 Å². The minimum absolute atomic E-state index is 0.201. The second-order valence-electron chi connectivity index (χ2n) is 9.42. The molecule has 7 nitrogen and oxygen atoms in total. The molecule has 0 saturated carbocycles. The highest BCUT2D eigenvalue weighted by Gasteiger charge is 2.30. The number of piperidine rings is 1. The van der Waals surface area contributed by atoms with E-state index < -0.39 is 12.1 Å². The Bertz CT molecular complexity index is 1110. The third-order valence-electron chi connectivity index (χ3n) is 7.11. The zero-order valence-corrected chi connectivity index (χ0v) is 22.3. The van der Waals surface area contributed by atoms with Gasteiger partial charge in [-0.3, -0.25) is 9.78 Å². The number of thioether (sulfide) groups is 1. The summed E-state index contributed by atoms with van der Waals surface area (Å²) >= 11 is 3.49. The summed E-state index contributed by atoms with van der Waals surface area (Å²) in [6.07, 6.45) is 7.55. The van der Waals surface area contributed by atoms with E-state index in [4.69, 9.17) is 4.74 Å². The average molecular weight is 530 g/mol. The number of hydrogen-bond donors (Lipinski definition) is 2. The van der Waals surface area contributed by atoms with Crippen molar-refractivity contribution in [1.82, 2.24) is 14.9 Å². The molecule has 3 atom stereocenters. The number of benzene rings is 1. The summed E-state index contributed by atoms with van der Waals surface area (Å²) in [6.45, 7) is 3.00. The highest BCUT2D eigenvalue weighted by atomic mass is 32.2. The maximum atomic E-state index is 11.3. The lowest BCUT2D eigenvalue weighted by Crippen LogP contribution is -2.41. The van der Waals surface area contributed by atoms with Crippen LogP contribution in [0.5, 0.6) is 5.75 Å². The lowest BCUT2D eigenvalue weighted by Gasteiger charge is -2.39. The normalized spacial score (nSPS) is 19.4. The number of carbonyl (C=O) groups is 1. The number of methoxy groups -OCH3 is 1. The molecule has 0 bridgehead atoms. The van der Waals surface area contributed by atoms with E-state index in [0.29, 0.717) is 24.7 Å². The number of aromatic nitrogens is 2. The SMILES string of the molecule is COc1ccc2nccc([C@H](O)CC[C@@H]3CCN(CCCSc4nccs4)C[C@H]3CCC(=O)O)c2c1. The molecular formula is C27H35N3O4S2. The van der Waals surface area contributed by atoms with Gasteiger partial charge in [0, 0.05) is 41.9 Å². The average Bonchev–Trinajstić information content (AvgIpc) is 3.42. The van der Waals surface area contributed by atoms with Crippen molar-refractivity contribution in [3.63, 3.8) is 0 Å². The zero-order valence-electron chi connectivity index (χ0n) is 20.7. The van der Waals surface area contributed by atoms with E-state index >= 15 is 0 Å². The quantitative estimate of drug-likeness (QED) is 0.221. The standard InChI is InChI=1S/C27H35N3O4S2/c1-34-21-5-6-24-23(17-21)22(9-11-28-24)25(31)7-3-19-10-14-30(18-20(19)4-8-26(32)33)13-2-15-35-27-29-12-16-36-27/h5-6,9,11-12,16-17,19-20,25,31H,2-4,7-8,10,13-15,18H2,1H3,(H,32,33)/t19-,20-,25-/m1/s1. The molecule has 2 aromatic heterocycles. The summed E-state index contributed by atoms with van der Waals surface area (Å²) in [6, 6.07) is 7.62. The number of pyridine rings is 1. The van der Waals surface area contributed by atoms with Gasteiger partial charge < -0.3 is 19.8 Å². The minimum atomic E-state index is -0.733. The maximum Gasteiger partial charge on any atom is 0.303 e. The first-order valence-corrected chi connectivity index (χ1v) is 14.5. The molecule has 1 fully saturated rings. The number of ether oxygens (including phenoxy) is 1. The first-order chi connectivity index (χ1) is 17.5. The number of aliphatic hydroxyl groups is 1. The van der Waals surface area contributed by atoms with Crippen LogP contribution in [-0.2, 0) is 4.79 Å². The van der Waals surface area contributed by atoms with Crippen molar-refractivity contribution in [2.45, 2.75) is 49.0 Å². The highest BCUT2D eigenvalue weighted by molar-refractivity contribution is 8.00. The molecule has 36 heavy (non-hydrogen) atoms. The molecule has 0 spiro atoms. The molecule has 0 unspecified atom stereocenters. The number of hydrogen-bond acceptors (Lipinski definition) is 8. The van der Waals surface area contributed by atoms with Crippen LogP contribution in [0.15, 0.2) is 46.4 Å². The van der Waals surface area contributed by atoms with Crippen LogP contribution in [0.1, 0.15) is 50.2 Å². The number of thiazole rings is 1. The van der Waals surface area contributed by atoms with E-state index in [1.165, 1.54) is 0 Å².